The van der Waals surface area contributed by atoms with Crippen LogP contribution in [0, 0.1) is 12.8 Å². The first-order chi connectivity index (χ1) is 15.4. The Morgan fingerprint density at radius 1 is 1.06 bits per heavy atom. The smallest absolute Gasteiger partial charge is 0.255 e. The van der Waals surface area contributed by atoms with Gasteiger partial charge in [0, 0.05) is 40.8 Å². The molecule has 1 aliphatic heterocycles. The number of nitrogens with one attached hydrogen (secondary N) is 1. The molecule has 3 unspecified atom stereocenters. The molecule has 3 atom stereocenters. The Kier molecular flexibility index (Phi) is 6.09. The van der Waals surface area contributed by atoms with Crippen molar-refractivity contribution in [1.29, 1.82) is 0 Å². The number of aromatic amines is 1. The Labute approximate surface area is 190 Å². The van der Waals surface area contributed by atoms with Gasteiger partial charge in [0.05, 0.1) is 6.04 Å². The number of rotatable bonds is 7. The van der Waals surface area contributed by atoms with Gasteiger partial charge in [-0.3, -0.25) is 9.59 Å². The number of benzene rings is 2. The van der Waals surface area contributed by atoms with Crippen LogP contribution in [0.3, 0.4) is 0 Å². The quantitative estimate of drug-likeness (QED) is 0.551. The summed E-state index contributed by atoms with van der Waals surface area (Å²) in [5.41, 5.74) is 4.84. The molecule has 0 saturated heterocycles. The molecular formula is C27H33N3O2. The Bertz CT molecular complexity index is 1140. The zero-order valence-electron chi connectivity index (χ0n) is 19.7. The van der Waals surface area contributed by atoms with Gasteiger partial charge in [0.25, 0.3) is 5.91 Å². The highest BCUT2D eigenvalue weighted by Gasteiger charge is 2.47. The number of fused-ring (bicyclic) bond motifs is 2. The minimum Gasteiger partial charge on any atom is -0.358 e. The molecule has 32 heavy (non-hydrogen) atoms. The standard InChI is InChI=1S/C27H33N3O2/c1-6-17(4)24(27(32)29(7-2)8-3)30-25(19-13-9-10-14-20(19)26(30)31)23-18(5)28-22-16-12-11-15-21(22)23/h9-17,24-25,28H,6-8H2,1-5H3. The van der Waals surface area contributed by atoms with Gasteiger partial charge in [0.15, 0.2) is 0 Å². The summed E-state index contributed by atoms with van der Waals surface area (Å²) in [5, 5.41) is 1.10. The van der Waals surface area contributed by atoms with Crippen molar-refractivity contribution in [2.45, 2.75) is 53.1 Å². The lowest BCUT2D eigenvalue weighted by Crippen LogP contribution is -2.53. The van der Waals surface area contributed by atoms with Gasteiger partial charge in [-0.2, -0.15) is 0 Å². The highest BCUT2D eigenvalue weighted by Crippen LogP contribution is 2.45. The first kappa shape index (κ1) is 22.1. The average molecular weight is 432 g/mol. The third-order valence-electron chi connectivity index (χ3n) is 7.03. The highest BCUT2D eigenvalue weighted by molar-refractivity contribution is 6.03. The highest BCUT2D eigenvalue weighted by atomic mass is 16.2. The van der Waals surface area contributed by atoms with Gasteiger partial charge in [-0.05, 0) is 44.4 Å². The largest absolute Gasteiger partial charge is 0.358 e. The lowest BCUT2D eigenvalue weighted by atomic mass is 9.91. The van der Waals surface area contributed by atoms with Gasteiger partial charge >= 0.3 is 0 Å². The second-order valence-corrected chi connectivity index (χ2v) is 8.75. The van der Waals surface area contributed by atoms with Crippen LogP contribution in [0.15, 0.2) is 48.5 Å². The molecule has 0 bridgehead atoms. The van der Waals surface area contributed by atoms with E-state index >= 15 is 0 Å². The Morgan fingerprint density at radius 3 is 2.41 bits per heavy atom. The maximum absolute atomic E-state index is 13.9. The summed E-state index contributed by atoms with van der Waals surface area (Å²) in [7, 11) is 0. The van der Waals surface area contributed by atoms with E-state index in [4.69, 9.17) is 0 Å². The van der Waals surface area contributed by atoms with Crippen LogP contribution in [0.1, 0.15) is 67.3 Å². The van der Waals surface area contributed by atoms with Crippen LogP contribution in [0.2, 0.25) is 0 Å². The number of amides is 2. The molecule has 0 spiro atoms. The van der Waals surface area contributed by atoms with E-state index in [0.29, 0.717) is 18.7 Å². The normalized spacial score (nSPS) is 17.5. The van der Waals surface area contributed by atoms with Crippen LogP contribution in [0.5, 0.6) is 0 Å². The molecule has 3 aromatic rings. The molecule has 0 aliphatic carbocycles. The molecule has 1 aromatic heterocycles. The lowest BCUT2D eigenvalue weighted by Gasteiger charge is -2.38. The topological polar surface area (TPSA) is 56.4 Å². The van der Waals surface area contributed by atoms with Crippen molar-refractivity contribution < 1.29 is 9.59 Å². The summed E-state index contributed by atoms with van der Waals surface area (Å²) in [5.74, 6) is 0.0171. The first-order valence-corrected chi connectivity index (χ1v) is 11.7. The average Bonchev–Trinajstić information content (AvgIpc) is 3.28. The molecule has 2 amide bonds. The predicted octanol–water partition coefficient (Wildman–Crippen LogP) is 5.30. The molecule has 1 aliphatic rings. The Balaban J connectivity index is 1.95. The number of H-pyrrole nitrogens is 1. The van der Waals surface area contributed by atoms with Crippen LogP contribution >= 0.6 is 0 Å². The van der Waals surface area contributed by atoms with E-state index in [2.05, 4.69) is 37.9 Å². The van der Waals surface area contributed by atoms with E-state index in [1.165, 1.54) is 0 Å². The molecule has 0 fully saturated rings. The van der Waals surface area contributed by atoms with Crippen molar-refractivity contribution in [2.75, 3.05) is 13.1 Å². The Morgan fingerprint density at radius 2 is 1.72 bits per heavy atom. The summed E-state index contributed by atoms with van der Waals surface area (Å²) in [4.78, 5) is 34.9. The number of hydrogen-bond donors (Lipinski definition) is 1. The molecule has 2 aromatic carbocycles. The van der Waals surface area contributed by atoms with Crippen LogP contribution < -0.4 is 0 Å². The molecule has 168 valence electrons. The van der Waals surface area contributed by atoms with Crippen molar-refractivity contribution in [3.05, 3.63) is 70.9 Å². The third kappa shape index (κ3) is 3.40. The van der Waals surface area contributed by atoms with E-state index in [9.17, 15) is 9.59 Å². The number of carbonyl (C=O) groups is 2. The SMILES string of the molecule is CCC(C)C(C(=O)N(CC)CC)N1C(=O)c2ccccc2C1c1c(C)[nH]c2ccccc12. The number of aryl methyl sites for hydroxylation is 1. The second-order valence-electron chi connectivity index (χ2n) is 8.75. The van der Waals surface area contributed by atoms with Crippen molar-refractivity contribution in [3.8, 4) is 0 Å². The van der Waals surface area contributed by atoms with Crippen molar-refractivity contribution in [1.82, 2.24) is 14.8 Å². The zero-order chi connectivity index (χ0) is 23.0. The molecule has 2 heterocycles. The van der Waals surface area contributed by atoms with Gasteiger partial charge in [-0.1, -0.05) is 56.7 Å². The van der Waals surface area contributed by atoms with Crippen molar-refractivity contribution in [3.63, 3.8) is 0 Å². The van der Waals surface area contributed by atoms with E-state index in [0.717, 1.165) is 34.1 Å². The van der Waals surface area contributed by atoms with Gasteiger partial charge in [0.1, 0.15) is 6.04 Å². The van der Waals surface area contributed by atoms with Gasteiger partial charge in [0.2, 0.25) is 5.91 Å². The fourth-order valence-corrected chi connectivity index (χ4v) is 5.15. The number of hydrogen-bond acceptors (Lipinski definition) is 2. The van der Waals surface area contributed by atoms with Crippen molar-refractivity contribution >= 4 is 22.7 Å². The summed E-state index contributed by atoms with van der Waals surface area (Å²) in [6.07, 6.45) is 0.817. The minimum absolute atomic E-state index is 0.0352. The Hall–Kier alpha value is -3.08. The molecule has 0 radical (unpaired) electrons. The molecule has 5 heteroatoms. The van der Waals surface area contributed by atoms with Gasteiger partial charge < -0.3 is 14.8 Å². The lowest BCUT2D eigenvalue weighted by molar-refractivity contribution is -0.138. The van der Waals surface area contributed by atoms with Gasteiger partial charge in [-0.15, -0.1) is 0 Å². The zero-order valence-corrected chi connectivity index (χ0v) is 19.7. The number of nitrogens with zero attached hydrogens (tertiary/aromatic N) is 2. The number of carbonyl (C=O) groups excluding carboxylic acids is 2. The summed E-state index contributed by atoms with van der Waals surface area (Å²) < 4.78 is 0. The van der Waals surface area contributed by atoms with E-state index in [-0.39, 0.29) is 23.8 Å². The molecular weight excluding hydrogens is 398 g/mol. The molecule has 5 nitrogen and oxygen atoms in total. The maximum atomic E-state index is 13.9. The van der Waals surface area contributed by atoms with Gasteiger partial charge in [-0.25, -0.2) is 0 Å². The van der Waals surface area contributed by atoms with Crippen LogP contribution in [-0.4, -0.2) is 45.7 Å². The summed E-state index contributed by atoms with van der Waals surface area (Å²) >= 11 is 0. The predicted molar refractivity (Wildman–Crippen MR) is 129 cm³/mol. The van der Waals surface area contributed by atoms with Crippen LogP contribution in [0.25, 0.3) is 10.9 Å². The monoisotopic (exact) mass is 431 g/mol. The fraction of sp³-hybridized carbons (Fsp3) is 0.407. The number of likely N-dealkylation sites (N-methyl/N-ethyl adjacent to an activating group) is 1. The number of para-hydroxylation sites is 1. The summed E-state index contributed by atoms with van der Waals surface area (Å²) in [6, 6.07) is 15.2. The fourth-order valence-electron chi connectivity index (χ4n) is 5.15. The van der Waals surface area contributed by atoms with Crippen LogP contribution in [0.4, 0.5) is 0 Å². The second kappa shape index (κ2) is 8.81. The summed E-state index contributed by atoms with van der Waals surface area (Å²) in [6.45, 7) is 11.5. The minimum atomic E-state index is -0.516. The maximum Gasteiger partial charge on any atom is 0.255 e. The third-order valence-corrected chi connectivity index (χ3v) is 7.03. The van der Waals surface area contributed by atoms with Crippen LogP contribution in [-0.2, 0) is 4.79 Å². The molecule has 4 rings (SSSR count). The molecule has 1 N–H and O–H groups in total. The number of aromatic nitrogens is 1. The molecule has 0 saturated carbocycles. The van der Waals surface area contributed by atoms with E-state index in [1.807, 2.05) is 60.0 Å². The van der Waals surface area contributed by atoms with Crippen molar-refractivity contribution in [2.24, 2.45) is 5.92 Å². The van der Waals surface area contributed by atoms with E-state index < -0.39 is 6.04 Å². The van der Waals surface area contributed by atoms with E-state index in [1.54, 1.807) is 0 Å². The first-order valence-electron chi connectivity index (χ1n) is 11.7.